The molecular formula is C30H36BrFN6O2S. The van der Waals surface area contributed by atoms with Crippen LogP contribution in [0.15, 0.2) is 53.1 Å². The van der Waals surface area contributed by atoms with Crippen LogP contribution in [-0.2, 0) is 22.6 Å². The van der Waals surface area contributed by atoms with Crippen LogP contribution >= 0.6 is 27.7 Å². The standard InChI is InChI=1S/C30H36BrFN6O2S/c1-18-11-22(9-10-25(18)31)21(4)38-16-24(34-35-38)15-37-19(2)13-36(14-20(37)3)30(40)27-17-41-28(29(39)33-27)12-23-7-5-6-8-26(23)32/h5-11,16,19-21,27-28H,12-15,17H2,1-4H3,(H,33,39)/t19-,20+,21-,27?,28?/m1/s1. The fourth-order valence-corrected chi connectivity index (χ4v) is 7.07. The van der Waals surface area contributed by atoms with Gasteiger partial charge < -0.3 is 10.2 Å². The Hall–Kier alpha value is -2.76. The van der Waals surface area contributed by atoms with Gasteiger partial charge in [0.25, 0.3) is 0 Å². The van der Waals surface area contributed by atoms with Crippen LogP contribution in [0.2, 0.25) is 0 Å². The molecule has 218 valence electrons. The number of carbonyl (C=O) groups is 2. The summed E-state index contributed by atoms with van der Waals surface area (Å²) in [6.45, 7) is 10.2. The quantitative estimate of drug-likeness (QED) is 0.412. The number of nitrogens with zero attached hydrogens (tertiary/aromatic N) is 5. The third-order valence-electron chi connectivity index (χ3n) is 8.11. The predicted octanol–water partition coefficient (Wildman–Crippen LogP) is 4.36. The molecule has 2 unspecified atom stereocenters. The van der Waals surface area contributed by atoms with Crippen molar-refractivity contribution in [1.82, 2.24) is 30.1 Å². The lowest BCUT2D eigenvalue weighted by Crippen LogP contribution is -2.62. The van der Waals surface area contributed by atoms with Gasteiger partial charge in [0.2, 0.25) is 11.8 Å². The van der Waals surface area contributed by atoms with Gasteiger partial charge in [0, 0.05) is 41.9 Å². The maximum absolute atomic E-state index is 14.1. The van der Waals surface area contributed by atoms with E-state index in [1.54, 1.807) is 18.2 Å². The summed E-state index contributed by atoms with van der Waals surface area (Å²) in [5.74, 6) is -0.0979. The van der Waals surface area contributed by atoms with Gasteiger partial charge in [-0.25, -0.2) is 9.07 Å². The number of nitrogens with one attached hydrogen (secondary N) is 1. The number of rotatable bonds is 7. The summed E-state index contributed by atoms with van der Waals surface area (Å²) in [5.41, 5.74) is 3.75. The van der Waals surface area contributed by atoms with E-state index in [9.17, 15) is 14.0 Å². The number of aryl methyl sites for hydroxylation is 1. The van der Waals surface area contributed by atoms with Crippen LogP contribution < -0.4 is 5.32 Å². The molecule has 1 aromatic heterocycles. The van der Waals surface area contributed by atoms with Gasteiger partial charge in [0.15, 0.2) is 0 Å². The van der Waals surface area contributed by atoms with Gasteiger partial charge in [-0.15, -0.1) is 16.9 Å². The van der Waals surface area contributed by atoms with Crippen LogP contribution in [0.3, 0.4) is 0 Å². The lowest BCUT2D eigenvalue weighted by atomic mass is 10.1. The van der Waals surface area contributed by atoms with Gasteiger partial charge >= 0.3 is 0 Å². The van der Waals surface area contributed by atoms with Crippen molar-refractivity contribution >= 4 is 39.5 Å². The Kier molecular flexibility index (Phi) is 9.15. The van der Waals surface area contributed by atoms with Gasteiger partial charge in [-0.1, -0.05) is 51.5 Å². The molecule has 2 aliphatic heterocycles. The summed E-state index contributed by atoms with van der Waals surface area (Å²) < 4.78 is 17.1. The Morgan fingerprint density at radius 1 is 1.20 bits per heavy atom. The second-order valence-corrected chi connectivity index (χ2v) is 13.3. The van der Waals surface area contributed by atoms with E-state index in [4.69, 9.17) is 0 Å². The first kappa shape index (κ1) is 29.7. The maximum atomic E-state index is 14.1. The highest BCUT2D eigenvalue weighted by atomic mass is 79.9. The highest BCUT2D eigenvalue weighted by Gasteiger charge is 2.38. The van der Waals surface area contributed by atoms with Crippen LogP contribution in [0.5, 0.6) is 0 Å². The maximum Gasteiger partial charge on any atom is 0.246 e. The molecular weight excluding hydrogens is 607 g/mol. The van der Waals surface area contributed by atoms with Crippen LogP contribution in [0, 0.1) is 12.7 Å². The molecule has 2 amide bonds. The predicted molar refractivity (Wildman–Crippen MR) is 162 cm³/mol. The highest BCUT2D eigenvalue weighted by molar-refractivity contribution is 9.10. The van der Waals surface area contributed by atoms with Crippen molar-refractivity contribution < 1.29 is 14.0 Å². The van der Waals surface area contributed by atoms with Crippen molar-refractivity contribution in [3.63, 3.8) is 0 Å². The van der Waals surface area contributed by atoms with Crippen molar-refractivity contribution in [2.75, 3.05) is 18.8 Å². The van der Waals surface area contributed by atoms with E-state index in [-0.39, 0.29) is 35.8 Å². The molecule has 3 aromatic rings. The molecule has 0 saturated carbocycles. The average molecular weight is 644 g/mol. The fraction of sp³-hybridized carbons (Fsp3) is 0.467. The number of hydrogen-bond donors (Lipinski definition) is 1. The molecule has 1 N–H and O–H groups in total. The summed E-state index contributed by atoms with van der Waals surface area (Å²) in [4.78, 5) is 30.5. The van der Waals surface area contributed by atoms with E-state index in [1.807, 2.05) is 15.8 Å². The van der Waals surface area contributed by atoms with Gasteiger partial charge in [-0.2, -0.15) is 0 Å². The zero-order valence-corrected chi connectivity index (χ0v) is 26.2. The first-order chi connectivity index (χ1) is 19.6. The van der Waals surface area contributed by atoms with Crippen molar-refractivity contribution in [2.24, 2.45) is 0 Å². The number of thioether (sulfide) groups is 1. The molecule has 8 nitrogen and oxygen atoms in total. The molecule has 0 bridgehead atoms. The van der Waals surface area contributed by atoms with E-state index in [2.05, 4.69) is 82.4 Å². The van der Waals surface area contributed by atoms with Crippen LogP contribution in [0.1, 0.15) is 49.2 Å². The number of piperazine rings is 1. The number of aromatic nitrogens is 3. The largest absolute Gasteiger partial charge is 0.343 e. The molecule has 2 saturated heterocycles. The third-order valence-corrected chi connectivity index (χ3v) is 10.3. The van der Waals surface area contributed by atoms with Gasteiger partial charge in [0.05, 0.1) is 23.2 Å². The molecule has 0 aliphatic carbocycles. The van der Waals surface area contributed by atoms with E-state index in [1.165, 1.54) is 29.0 Å². The second kappa shape index (κ2) is 12.6. The smallest absolute Gasteiger partial charge is 0.246 e. The fourth-order valence-electron chi connectivity index (χ4n) is 5.65. The number of hydrogen-bond acceptors (Lipinski definition) is 6. The zero-order valence-electron chi connectivity index (χ0n) is 23.8. The Balaban J connectivity index is 1.16. The van der Waals surface area contributed by atoms with Crippen LogP contribution in [-0.4, -0.2) is 78.8 Å². The molecule has 0 spiro atoms. The van der Waals surface area contributed by atoms with Gasteiger partial charge in [-0.3, -0.25) is 14.5 Å². The molecule has 11 heteroatoms. The van der Waals surface area contributed by atoms with Crippen LogP contribution in [0.25, 0.3) is 0 Å². The number of amides is 2. The minimum atomic E-state index is -0.570. The van der Waals surface area contributed by atoms with Crippen molar-refractivity contribution in [3.05, 3.63) is 81.3 Å². The zero-order chi connectivity index (χ0) is 29.3. The molecule has 0 radical (unpaired) electrons. The lowest BCUT2D eigenvalue weighted by molar-refractivity contribution is -0.139. The summed E-state index contributed by atoms with van der Waals surface area (Å²) in [6, 6.07) is 12.5. The van der Waals surface area contributed by atoms with E-state index >= 15 is 0 Å². The third kappa shape index (κ3) is 6.67. The topological polar surface area (TPSA) is 83.4 Å². The number of halogens is 2. The first-order valence-electron chi connectivity index (χ1n) is 14.0. The molecule has 3 heterocycles. The Morgan fingerprint density at radius 3 is 2.61 bits per heavy atom. The minimum absolute atomic E-state index is 0.0573. The summed E-state index contributed by atoms with van der Waals surface area (Å²) in [6.07, 6.45) is 2.31. The molecule has 41 heavy (non-hydrogen) atoms. The Labute approximate surface area is 253 Å². The number of carbonyl (C=O) groups excluding carboxylic acids is 2. The van der Waals surface area contributed by atoms with E-state index in [0.29, 0.717) is 37.4 Å². The molecule has 5 rings (SSSR count). The summed E-state index contributed by atoms with van der Waals surface area (Å²) >= 11 is 4.99. The SMILES string of the molecule is Cc1cc([C@@H](C)n2cc(CN3[C@H](C)CN(C(=O)C4CSC(Cc5ccccc5F)C(=O)N4)C[C@@H]3C)nn2)ccc1Br. The average Bonchev–Trinajstić information content (AvgIpc) is 3.42. The summed E-state index contributed by atoms with van der Waals surface area (Å²) in [5, 5.41) is 11.4. The normalized spacial score (nSPS) is 24.2. The lowest BCUT2D eigenvalue weighted by Gasteiger charge is -2.45. The monoisotopic (exact) mass is 642 g/mol. The molecule has 2 aromatic carbocycles. The van der Waals surface area contributed by atoms with E-state index in [0.717, 1.165) is 10.2 Å². The Morgan fingerprint density at radius 2 is 1.93 bits per heavy atom. The van der Waals surface area contributed by atoms with Crippen molar-refractivity contribution in [3.8, 4) is 0 Å². The van der Waals surface area contributed by atoms with Gasteiger partial charge in [-0.05, 0) is 62.9 Å². The molecule has 2 fully saturated rings. The second-order valence-electron chi connectivity index (χ2n) is 11.2. The Bertz CT molecular complexity index is 1410. The first-order valence-corrected chi connectivity index (χ1v) is 15.8. The molecule has 5 atom stereocenters. The molecule has 2 aliphatic rings. The van der Waals surface area contributed by atoms with Crippen molar-refractivity contribution in [2.45, 2.75) is 70.1 Å². The summed E-state index contributed by atoms with van der Waals surface area (Å²) in [7, 11) is 0. The van der Waals surface area contributed by atoms with Crippen LogP contribution in [0.4, 0.5) is 4.39 Å². The van der Waals surface area contributed by atoms with Gasteiger partial charge in [0.1, 0.15) is 11.9 Å². The minimum Gasteiger partial charge on any atom is -0.343 e. The highest BCUT2D eigenvalue weighted by Crippen LogP contribution is 2.27. The van der Waals surface area contributed by atoms with Crippen molar-refractivity contribution in [1.29, 1.82) is 0 Å². The van der Waals surface area contributed by atoms with E-state index < -0.39 is 11.3 Å². The number of benzene rings is 2.